The monoisotopic (exact) mass is 451 g/mol. The lowest BCUT2D eigenvalue weighted by atomic mass is 9.96. The van der Waals surface area contributed by atoms with Crippen molar-refractivity contribution in [2.75, 3.05) is 56.5 Å². The molecular weight excluding hydrogens is 414 g/mol. The minimum absolute atomic E-state index is 0.135. The van der Waals surface area contributed by atoms with Gasteiger partial charge >= 0.3 is 0 Å². The minimum atomic E-state index is -3.17. The fourth-order valence-electron chi connectivity index (χ4n) is 4.61. The maximum absolute atomic E-state index is 12.4. The van der Waals surface area contributed by atoms with Crippen LogP contribution >= 0.6 is 0 Å². The van der Waals surface area contributed by atoms with Crippen LogP contribution < -0.4 is 9.64 Å². The molecule has 1 aromatic heterocycles. The first-order valence-electron chi connectivity index (χ1n) is 11.7. The van der Waals surface area contributed by atoms with Crippen molar-refractivity contribution < 1.29 is 13.2 Å². The van der Waals surface area contributed by atoms with Gasteiger partial charge in [0.25, 0.3) is 0 Å². The summed E-state index contributed by atoms with van der Waals surface area (Å²) < 4.78 is 32.4. The number of sulfonamides is 1. The van der Waals surface area contributed by atoms with Crippen LogP contribution in [-0.4, -0.2) is 84.8 Å². The lowest BCUT2D eigenvalue weighted by molar-refractivity contribution is 0.101. The lowest BCUT2D eigenvalue weighted by Crippen LogP contribution is -2.49. The number of hydrogen-bond acceptors (Lipinski definition) is 7. The number of piperazine rings is 1. The molecule has 1 aliphatic carbocycles. The fraction of sp³-hybridized carbons (Fsp3) is 0.818. The first kappa shape index (κ1) is 22.7. The van der Waals surface area contributed by atoms with Crippen LogP contribution in [-0.2, 0) is 10.0 Å². The molecule has 1 aromatic rings. The van der Waals surface area contributed by atoms with Crippen molar-refractivity contribution in [3.05, 3.63) is 12.4 Å². The molecule has 31 heavy (non-hydrogen) atoms. The van der Waals surface area contributed by atoms with Gasteiger partial charge in [0.05, 0.1) is 24.8 Å². The molecule has 1 saturated carbocycles. The second-order valence-electron chi connectivity index (χ2n) is 10.0. The van der Waals surface area contributed by atoms with Crippen molar-refractivity contribution in [3.63, 3.8) is 0 Å². The molecule has 9 heteroatoms. The summed E-state index contributed by atoms with van der Waals surface area (Å²) in [4.78, 5) is 13.7. The Kier molecular flexibility index (Phi) is 6.74. The molecule has 0 radical (unpaired) electrons. The molecule has 0 aromatic carbocycles. The number of rotatable bonds is 8. The average Bonchev–Trinajstić information content (AvgIpc) is 3.51. The number of hydrogen-bond donors (Lipinski definition) is 0. The predicted molar refractivity (Wildman–Crippen MR) is 122 cm³/mol. The number of piperidine rings is 1. The topological polar surface area (TPSA) is 78.9 Å². The molecule has 0 bridgehead atoms. The maximum atomic E-state index is 12.4. The predicted octanol–water partition coefficient (Wildman–Crippen LogP) is 2.23. The van der Waals surface area contributed by atoms with Crippen LogP contribution in [0.4, 0.5) is 5.82 Å². The molecule has 2 saturated heterocycles. The molecule has 0 atom stereocenters. The molecular formula is C22H37N5O3S. The Bertz CT molecular complexity index is 825. The number of aromatic nitrogens is 2. The van der Waals surface area contributed by atoms with Crippen molar-refractivity contribution in [1.82, 2.24) is 19.2 Å². The lowest BCUT2D eigenvalue weighted by Gasteiger charge is -2.36. The van der Waals surface area contributed by atoms with Gasteiger partial charge in [-0.25, -0.2) is 18.4 Å². The third-order valence-electron chi connectivity index (χ3n) is 6.93. The fourth-order valence-corrected chi connectivity index (χ4v) is 6.38. The first-order chi connectivity index (χ1) is 14.7. The van der Waals surface area contributed by atoms with Gasteiger partial charge in [-0.3, -0.25) is 4.90 Å². The highest BCUT2D eigenvalue weighted by atomic mass is 32.2. The van der Waals surface area contributed by atoms with Gasteiger partial charge in [-0.2, -0.15) is 4.31 Å². The molecule has 0 amide bonds. The highest BCUT2D eigenvalue weighted by Crippen LogP contribution is 2.42. The molecule has 0 unspecified atom stereocenters. The van der Waals surface area contributed by atoms with E-state index >= 15 is 0 Å². The van der Waals surface area contributed by atoms with Gasteiger partial charge in [0.15, 0.2) is 0 Å². The Hall–Kier alpha value is -1.45. The average molecular weight is 452 g/mol. The molecule has 4 rings (SSSR count). The first-order valence-corrected chi connectivity index (χ1v) is 13.3. The highest BCUT2D eigenvalue weighted by molar-refractivity contribution is 7.89. The van der Waals surface area contributed by atoms with E-state index in [4.69, 9.17) is 4.74 Å². The zero-order valence-corrected chi connectivity index (χ0v) is 20.0. The number of nitrogens with zero attached hydrogens (tertiary/aromatic N) is 5. The van der Waals surface area contributed by atoms with Crippen molar-refractivity contribution in [2.24, 2.45) is 11.8 Å². The summed E-state index contributed by atoms with van der Waals surface area (Å²) in [6.07, 6.45) is 8.50. The molecule has 3 heterocycles. The van der Waals surface area contributed by atoms with Gasteiger partial charge in [-0.15, -0.1) is 0 Å². The summed E-state index contributed by atoms with van der Waals surface area (Å²) in [7, 11) is -3.17. The van der Waals surface area contributed by atoms with E-state index in [1.54, 1.807) is 16.7 Å². The summed E-state index contributed by atoms with van der Waals surface area (Å²) in [5.41, 5.74) is 0.483. The molecule has 3 aliphatic rings. The van der Waals surface area contributed by atoms with Crippen LogP contribution in [0.15, 0.2) is 12.4 Å². The molecule has 3 fully saturated rings. The number of likely N-dealkylation sites (tertiary alicyclic amines) is 1. The standard InChI is InChI=1S/C22H37N5O3S/c1-18(2)17-31(28,29)27-12-10-25(11-13-27)20-14-24-21(15-23-20)30-16-19-4-8-26(9-5-19)22(3)6-7-22/h14-15,18-19H,4-13,16-17H2,1-3H3. The van der Waals surface area contributed by atoms with E-state index in [0.717, 1.165) is 5.82 Å². The van der Waals surface area contributed by atoms with Gasteiger partial charge in [0, 0.05) is 31.7 Å². The summed E-state index contributed by atoms with van der Waals surface area (Å²) in [6.45, 7) is 11.5. The summed E-state index contributed by atoms with van der Waals surface area (Å²) in [5.74, 6) is 2.27. The van der Waals surface area contributed by atoms with Crippen LogP contribution in [0, 0.1) is 11.8 Å². The van der Waals surface area contributed by atoms with Crippen molar-refractivity contribution >= 4 is 15.8 Å². The third-order valence-corrected chi connectivity index (χ3v) is 9.17. The molecule has 0 spiro atoms. The van der Waals surface area contributed by atoms with Crippen LogP contribution in [0.1, 0.15) is 46.5 Å². The molecule has 8 nitrogen and oxygen atoms in total. The van der Waals surface area contributed by atoms with E-state index in [1.807, 2.05) is 13.8 Å². The van der Waals surface area contributed by atoms with Crippen LogP contribution in [0.3, 0.4) is 0 Å². The Labute approximate surface area is 187 Å². The number of anilines is 1. The van der Waals surface area contributed by atoms with Gasteiger partial charge in [-0.1, -0.05) is 13.8 Å². The van der Waals surface area contributed by atoms with E-state index in [1.165, 1.54) is 38.8 Å². The zero-order valence-electron chi connectivity index (χ0n) is 19.2. The normalized spacial score (nSPS) is 23.3. The summed E-state index contributed by atoms with van der Waals surface area (Å²) >= 11 is 0. The van der Waals surface area contributed by atoms with Crippen LogP contribution in [0.2, 0.25) is 0 Å². The third kappa shape index (κ3) is 5.68. The van der Waals surface area contributed by atoms with Crippen molar-refractivity contribution in [2.45, 2.75) is 52.0 Å². The van der Waals surface area contributed by atoms with Gasteiger partial charge < -0.3 is 9.64 Å². The maximum Gasteiger partial charge on any atom is 0.232 e. The SMILES string of the molecule is CC(C)CS(=O)(=O)N1CCN(c2cnc(OCC3CCN(C4(C)CC4)CC3)cn2)CC1. The largest absolute Gasteiger partial charge is 0.476 e. The van der Waals surface area contributed by atoms with E-state index in [0.29, 0.717) is 50.1 Å². The zero-order chi connectivity index (χ0) is 22.1. The van der Waals surface area contributed by atoms with Gasteiger partial charge in [-0.05, 0) is 57.5 Å². The Morgan fingerprint density at radius 2 is 1.74 bits per heavy atom. The Balaban J connectivity index is 1.21. The van der Waals surface area contributed by atoms with Crippen molar-refractivity contribution in [3.8, 4) is 5.88 Å². The van der Waals surface area contributed by atoms with Gasteiger partial charge in [0.1, 0.15) is 5.82 Å². The summed E-state index contributed by atoms with van der Waals surface area (Å²) in [6, 6.07) is 0. The van der Waals surface area contributed by atoms with E-state index < -0.39 is 10.0 Å². The summed E-state index contributed by atoms with van der Waals surface area (Å²) in [5, 5.41) is 0. The minimum Gasteiger partial charge on any atom is -0.476 e. The highest BCUT2D eigenvalue weighted by Gasteiger charge is 2.44. The Morgan fingerprint density at radius 3 is 2.29 bits per heavy atom. The van der Waals surface area contributed by atoms with E-state index in [2.05, 4.69) is 26.7 Å². The Morgan fingerprint density at radius 1 is 1.06 bits per heavy atom. The van der Waals surface area contributed by atoms with Gasteiger partial charge in [0.2, 0.25) is 15.9 Å². The van der Waals surface area contributed by atoms with E-state index in [-0.39, 0.29) is 11.7 Å². The second-order valence-corrected chi connectivity index (χ2v) is 12.0. The van der Waals surface area contributed by atoms with Crippen molar-refractivity contribution in [1.29, 1.82) is 0 Å². The molecule has 2 aliphatic heterocycles. The second kappa shape index (κ2) is 9.19. The molecule has 174 valence electrons. The van der Waals surface area contributed by atoms with Crippen LogP contribution in [0.5, 0.6) is 5.88 Å². The molecule has 0 N–H and O–H groups in total. The number of ether oxygens (including phenoxy) is 1. The quantitative estimate of drug-likeness (QED) is 0.600. The van der Waals surface area contributed by atoms with Crippen LogP contribution in [0.25, 0.3) is 0 Å². The van der Waals surface area contributed by atoms with E-state index in [9.17, 15) is 8.42 Å². The smallest absolute Gasteiger partial charge is 0.232 e.